The van der Waals surface area contributed by atoms with Crippen molar-refractivity contribution >= 4 is 28.8 Å². The average Bonchev–Trinajstić information content (AvgIpc) is 2.73. The monoisotopic (exact) mass is 372 g/mol. The molecule has 0 atom stereocenters. The molecule has 0 aliphatic heterocycles. The first-order chi connectivity index (χ1) is 13.2. The van der Waals surface area contributed by atoms with Gasteiger partial charge in [-0.25, -0.2) is 8.78 Å². The fourth-order valence-electron chi connectivity index (χ4n) is 3.78. The minimum absolute atomic E-state index is 0.262. The second-order valence-electron chi connectivity index (χ2n) is 6.50. The molecule has 0 saturated heterocycles. The Hall–Kier alpha value is -3.04. The van der Waals surface area contributed by atoms with Crippen molar-refractivity contribution in [1.82, 2.24) is 0 Å². The predicted octanol–water partition coefficient (Wildman–Crippen LogP) is 3.34. The van der Waals surface area contributed by atoms with Crippen molar-refractivity contribution in [3.8, 4) is 0 Å². The summed E-state index contributed by atoms with van der Waals surface area (Å²) in [7, 11) is -2.68. The van der Waals surface area contributed by atoms with E-state index in [1.165, 1.54) is 34.6 Å². The van der Waals surface area contributed by atoms with Gasteiger partial charge in [-0.2, -0.15) is 0 Å². The van der Waals surface area contributed by atoms with E-state index < -0.39 is 8.07 Å². The summed E-state index contributed by atoms with van der Waals surface area (Å²) in [4.78, 5) is 0. The molecule has 3 heteroatoms. The number of halogens is 2. The molecule has 0 aliphatic carbocycles. The fraction of sp³-hybridized carbons (Fsp3) is 0. The van der Waals surface area contributed by atoms with Gasteiger partial charge < -0.3 is 0 Å². The lowest BCUT2D eigenvalue weighted by Crippen LogP contribution is -2.74. The summed E-state index contributed by atoms with van der Waals surface area (Å²) in [5, 5.41) is 4.48. The molecule has 0 amide bonds. The van der Waals surface area contributed by atoms with Gasteiger partial charge >= 0.3 is 0 Å². The molecule has 0 aromatic heterocycles. The largest absolute Gasteiger partial charge is 0.207 e. The van der Waals surface area contributed by atoms with Crippen LogP contribution in [0.2, 0.25) is 0 Å². The maximum Gasteiger partial charge on any atom is 0.179 e. The third-order valence-electron chi connectivity index (χ3n) is 4.97. The zero-order chi connectivity index (χ0) is 18.7. The minimum atomic E-state index is -2.68. The van der Waals surface area contributed by atoms with Crippen LogP contribution in [0.1, 0.15) is 0 Å². The molecule has 0 nitrogen and oxygen atoms in total. The summed E-state index contributed by atoms with van der Waals surface area (Å²) in [6.07, 6.45) is 0. The molecule has 27 heavy (non-hydrogen) atoms. The van der Waals surface area contributed by atoms with Crippen molar-refractivity contribution in [3.63, 3.8) is 0 Å². The first kappa shape index (κ1) is 17.4. The van der Waals surface area contributed by atoms with E-state index in [2.05, 4.69) is 24.3 Å². The van der Waals surface area contributed by atoms with E-state index in [1.807, 2.05) is 60.7 Å². The standard InChI is InChI=1S/C24H18F2Si/c25-19-11-15-23(16-12-19)27(21-7-3-1-4-8-21,22-9-5-2-6-10-22)24-17-13-20(26)14-18-24/h1-18H. The summed E-state index contributed by atoms with van der Waals surface area (Å²) in [5.41, 5.74) is 0. The number of benzene rings is 4. The molecule has 4 aromatic rings. The van der Waals surface area contributed by atoms with Crippen LogP contribution in [-0.4, -0.2) is 8.07 Å². The second kappa shape index (κ2) is 7.29. The summed E-state index contributed by atoms with van der Waals surface area (Å²) in [6, 6.07) is 34.0. The Bertz CT molecular complexity index is 924. The van der Waals surface area contributed by atoms with Gasteiger partial charge in [0.05, 0.1) is 0 Å². The van der Waals surface area contributed by atoms with Gasteiger partial charge in [0.2, 0.25) is 0 Å². The highest BCUT2D eigenvalue weighted by atomic mass is 28.3. The molecule has 0 unspecified atom stereocenters. The Morgan fingerprint density at radius 3 is 1.00 bits per heavy atom. The van der Waals surface area contributed by atoms with Crippen molar-refractivity contribution in [2.24, 2.45) is 0 Å². The Morgan fingerprint density at radius 1 is 0.370 bits per heavy atom. The molecule has 0 fully saturated rings. The van der Waals surface area contributed by atoms with E-state index in [1.54, 1.807) is 0 Å². The molecule has 0 bridgehead atoms. The van der Waals surface area contributed by atoms with Crippen LogP contribution in [0.15, 0.2) is 109 Å². The first-order valence-electron chi connectivity index (χ1n) is 8.84. The van der Waals surface area contributed by atoms with E-state index in [0.717, 1.165) is 10.4 Å². The SMILES string of the molecule is Fc1ccc([Si](c2ccccc2)(c2ccccc2)c2ccc(F)cc2)cc1. The summed E-state index contributed by atoms with van der Waals surface area (Å²) in [6.45, 7) is 0. The summed E-state index contributed by atoms with van der Waals surface area (Å²) >= 11 is 0. The zero-order valence-electron chi connectivity index (χ0n) is 14.6. The Labute approximate surface area is 158 Å². The van der Waals surface area contributed by atoms with Crippen molar-refractivity contribution < 1.29 is 8.78 Å². The molecule has 0 aliphatic rings. The van der Waals surface area contributed by atoms with Gasteiger partial charge in [0, 0.05) is 0 Å². The van der Waals surface area contributed by atoms with Crippen LogP contribution >= 0.6 is 0 Å². The van der Waals surface area contributed by atoms with Gasteiger partial charge in [0.15, 0.2) is 8.07 Å². The smallest absolute Gasteiger partial charge is 0.179 e. The van der Waals surface area contributed by atoms with E-state index >= 15 is 0 Å². The van der Waals surface area contributed by atoms with Gasteiger partial charge in [-0.1, -0.05) is 84.9 Å². The molecular weight excluding hydrogens is 354 g/mol. The van der Waals surface area contributed by atoms with Crippen molar-refractivity contribution in [2.75, 3.05) is 0 Å². The maximum absolute atomic E-state index is 13.7. The van der Waals surface area contributed by atoms with Gasteiger partial charge in [-0.15, -0.1) is 0 Å². The maximum atomic E-state index is 13.7. The quantitative estimate of drug-likeness (QED) is 0.381. The lowest BCUT2D eigenvalue weighted by molar-refractivity contribution is 0.628. The fourth-order valence-corrected chi connectivity index (χ4v) is 8.49. The number of hydrogen-bond acceptors (Lipinski definition) is 0. The normalized spacial score (nSPS) is 11.3. The predicted molar refractivity (Wildman–Crippen MR) is 110 cm³/mol. The van der Waals surface area contributed by atoms with Crippen LogP contribution in [-0.2, 0) is 0 Å². The highest BCUT2D eigenvalue weighted by Crippen LogP contribution is 2.10. The molecule has 0 radical (unpaired) electrons. The molecule has 0 N–H and O–H groups in total. The van der Waals surface area contributed by atoms with Crippen molar-refractivity contribution in [2.45, 2.75) is 0 Å². The van der Waals surface area contributed by atoms with E-state index in [9.17, 15) is 8.78 Å². The van der Waals surface area contributed by atoms with Gasteiger partial charge in [-0.05, 0) is 45.0 Å². The molecule has 4 rings (SSSR count). The highest BCUT2D eigenvalue weighted by Gasteiger charge is 2.41. The number of hydrogen-bond donors (Lipinski definition) is 0. The molecule has 132 valence electrons. The lowest BCUT2D eigenvalue weighted by Gasteiger charge is -2.34. The van der Waals surface area contributed by atoms with Gasteiger partial charge in [0.25, 0.3) is 0 Å². The van der Waals surface area contributed by atoms with Crippen molar-refractivity contribution in [3.05, 3.63) is 121 Å². The van der Waals surface area contributed by atoms with Crippen LogP contribution in [0.5, 0.6) is 0 Å². The van der Waals surface area contributed by atoms with Crippen LogP contribution in [0.3, 0.4) is 0 Å². The Morgan fingerprint density at radius 2 is 0.667 bits per heavy atom. The van der Waals surface area contributed by atoms with Gasteiger partial charge in [0.1, 0.15) is 11.6 Å². The molecule has 0 heterocycles. The Balaban J connectivity index is 2.11. The topological polar surface area (TPSA) is 0 Å². The highest BCUT2D eigenvalue weighted by molar-refractivity contribution is 7.19. The van der Waals surface area contributed by atoms with Crippen LogP contribution in [0, 0.1) is 11.6 Å². The zero-order valence-corrected chi connectivity index (χ0v) is 15.6. The summed E-state index contributed by atoms with van der Waals surface area (Å²) < 4.78 is 27.4. The van der Waals surface area contributed by atoms with Gasteiger partial charge in [-0.3, -0.25) is 0 Å². The third kappa shape index (κ3) is 3.11. The van der Waals surface area contributed by atoms with Crippen LogP contribution in [0.4, 0.5) is 8.78 Å². The average molecular weight is 372 g/mol. The molecule has 0 saturated carbocycles. The lowest BCUT2D eigenvalue weighted by atomic mass is 10.3. The van der Waals surface area contributed by atoms with E-state index in [4.69, 9.17) is 0 Å². The minimum Gasteiger partial charge on any atom is -0.207 e. The summed E-state index contributed by atoms with van der Waals surface area (Å²) in [5.74, 6) is -0.524. The molecular formula is C24H18F2Si. The van der Waals surface area contributed by atoms with Crippen LogP contribution in [0.25, 0.3) is 0 Å². The molecule has 4 aromatic carbocycles. The van der Waals surface area contributed by atoms with E-state index in [-0.39, 0.29) is 11.6 Å². The third-order valence-corrected chi connectivity index (χ3v) is 9.77. The molecule has 0 spiro atoms. The van der Waals surface area contributed by atoms with Crippen molar-refractivity contribution in [1.29, 1.82) is 0 Å². The Kier molecular flexibility index (Phi) is 4.69. The van der Waals surface area contributed by atoms with E-state index in [0.29, 0.717) is 0 Å². The number of rotatable bonds is 4. The first-order valence-corrected chi connectivity index (χ1v) is 10.8. The van der Waals surface area contributed by atoms with Crippen LogP contribution < -0.4 is 20.7 Å². The second-order valence-corrected chi connectivity index (χ2v) is 10.3.